The monoisotopic (exact) mass is 416 g/mol. The van der Waals surface area contributed by atoms with Gasteiger partial charge in [-0.1, -0.05) is 0 Å². The van der Waals surface area contributed by atoms with E-state index < -0.39 is 4.92 Å². The van der Waals surface area contributed by atoms with Gasteiger partial charge in [-0.3, -0.25) is 14.9 Å². The molecule has 2 heterocycles. The molecule has 0 saturated carbocycles. The Morgan fingerprint density at radius 2 is 1.96 bits per heavy atom. The van der Waals surface area contributed by atoms with E-state index >= 15 is 0 Å². The number of hydrogen-bond acceptors (Lipinski definition) is 6. The van der Waals surface area contributed by atoms with Gasteiger partial charge in [-0.2, -0.15) is 0 Å². The van der Waals surface area contributed by atoms with Crippen molar-refractivity contribution >= 4 is 34.7 Å². The average Bonchev–Trinajstić information content (AvgIpc) is 3.32. The largest absolute Gasteiger partial charge is 0.467 e. The summed E-state index contributed by atoms with van der Waals surface area (Å²) in [5.74, 6) is 0.722. The Bertz CT molecular complexity index is 936. The first-order valence-corrected chi connectivity index (χ1v) is 10.4. The van der Waals surface area contributed by atoms with Gasteiger partial charge >= 0.3 is 0 Å². The average molecular weight is 417 g/mol. The van der Waals surface area contributed by atoms with E-state index in [0.717, 1.165) is 15.5 Å². The van der Waals surface area contributed by atoms with Gasteiger partial charge in [0, 0.05) is 26.8 Å². The van der Waals surface area contributed by atoms with Crippen LogP contribution in [0.15, 0.2) is 64.1 Å². The maximum atomic E-state index is 13.1. The van der Waals surface area contributed by atoms with Crippen LogP contribution < -0.4 is 0 Å². The van der Waals surface area contributed by atoms with Gasteiger partial charge in [-0.05, 0) is 50.2 Å². The van der Waals surface area contributed by atoms with Gasteiger partial charge in [0.25, 0.3) is 5.69 Å². The van der Waals surface area contributed by atoms with Crippen LogP contribution in [0.4, 0.5) is 5.69 Å². The number of benzene rings is 1. The Morgan fingerprint density at radius 3 is 2.54 bits per heavy atom. The fourth-order valence-corrected chi connectivity index (χ4v) is 4.58. The van der Waals surface area contributed by atoms with E-state index in [-0.39, 0.29) is 16.8 Å². The molecule has 1 amide bonds. The van der Waals surface area contributed by atoms with Crippen molar-refractivity contribution in [3.63, 3.8) is 0 Å². The third-order valence-electron chi connectivity index (χ3n) is 4.09. The molecule has 0 saturated heterocycles. The lowest BCUT2D eigenvalue weighted by atomic mass is 10.3. The fraction of sp³-hybridized carbons (Fsp3) is 0.250. The number of thioether (sulfide) groups is 1. The third kappa shape index (κ3) is 5.24. The Balaban J connectivity index is 1.72. The van der Waals surface area contributed by atoms with Crippen LogP contribution in [0, 0.1) is 17.0 Å². The van der Waals surface area contributed by atoms with Crippen LogP contribution in [0.2, 0.25) is 0 Å². The predicted molar refractivity (Wildman–Crippen MR) is 110 cm³/mol. The summed E-state index contributed by atoms with van der Waals surface area (Å²) in [6, 6.07) is 14.0. The molecule has 6 nitrogen and oxygen atoms in total. The van der Waals surface area contributed by atoms with Crippen LogP contribution in [-0.2, 0) is 17.9 Å². The first-order chi connectivity index (χ1) is 13.4. The highest BCUT2D eigenvalue weighted by molar-refractivity contribution is 8.00. The first-order valence-electron chi connectivity index (χ1n) is 8.70. The van der Waals surface area contributed by atoms with Crippen molar-refractivity contribution in [2.24, 2.45) is 0 Å². The summed E-state index contributed by atoms with van der Waals surface area (Å²) in [5, 5.41) is 10.5. The van der Waals surface area contributed by atoms with E-state index in [1.165, 1.54) is 28.8 Å². The minimum atomic E-state index is -0.433. The van der Waals surface area contributed by atoms with Gasteiger partial charge in [-0.25, -0.2) is 0 Å². The first kappa shape index (κ1) is 20.2. The molecule has 1 atom stereocenters. The molecule has 0 bridgehead atoms. The number of furan rings is 1. The van der Waals surface area contributed by atoms with E-state index in [4.69, 9.17) is 4.42 Å². The number of amides is 1. The smallest absolute Gasteiger partial charge is 0.269 e. The molecule has 1 unspecified atom stereocenters. The van der Waals surface area contributed by atoms with Crippen LogP contribution in [0.5, 0.6) is 0 Å². The number of nitro groups is 1. The molecule has 0 radical (unpaired) electrons. The van der Waals surface area contributed by atoms with Crippen molar-refractivity contribution in [2.75, 3.05) is 0 Å². The number of carbonyl (C=O) groups is 1. The molecule has 146 valence electrons. The van der Waals surface area contributed by atoms with Crippen LogP contribution >= 0.6 is 23.1 Å². The third-order valence-corrected chi connectivity index (χ3v) is 6.17. The van der Waals surface area contributed by atoms with Gasteiger partial charge in [0.1, 0.15) is 5.76 Å². The maximum Gasteiger partial charge on any atom is 0.269 e. The van der Waals surface area contributed by atoms with Crippen molar-refractivity contribution in [3.8, 4) is 0 Å². The zero-order valence-corrected chi connectivity index (χ0v) is 17.2. The van der Waals surface area contributed by atoms with Crippen LogP contribution in [0.1, 0.15) is 22.4 Å². The van der Waals surface area contributed by atoms with Crippen molar-refractivity contribution < 1.29 is 14.1 Å². The molecule has 2 aromatic heterocycles. The van der Waals surface area contributed by atoms with Gasteiger partial charge in [0.05, 0.1) is 29.5 Å². The molecular weight excluding hydrogens is 396 g/mol. The Hall–Kier alpha value is -2.58. The highest BCUT2D eigenvalue weighted by Gasteiger charge is 2.23. The van der Waals surface area contributed by atoms with Gasteiger partial charge in [0.15, 0.2) is 0 Å². The number of carbonyl (C=O) groups excluding carboxylic acids is 1. The van der Waals surface area contributed by atoms with Crippen LogP contribution in [0.25, 0.3) is 0 Å². The molecule has 1 aromatic carbocycles. The number of hydrogen-bond donors (Lipinski definition) is 0. The summed E-state index contributed by atoms with van der Waals surface area (Å²) in [4.78, 5) is 28.4. The summed E-state index contributed by atoms with van der Waals surface area (Å²) < 4.78 is 5.43. The molecule has 8 heteroatoms. The molecule has 3 aromatic rings. The maximum absolute atomic E-state index is 13.1. The summed E-state index contributed by atoms with van der Waals surface area (Å²) in [6.45, 7) is 4.81. The number of nitrogens with zero attached hydrogens (tertiary/aromatic N) is 2. The number of thiophene rings is 1. The van der Waals surface area contributed by atoms with Gasteiger partial charge in [-0.15, -0.1) is 23.1 Å². The van der Waals surface area contributed by atoms with Crippen molar-refractivity contribution in [3.05, 3.63) is 80.4 Å². The number of rotatable bonds is 8. The second kappa shape index (κ2) is 9.07. The number of aryl methyl sites for hydroxylation is 1. The molecular formula is C20H20N2O4S2. The minimum absolute atomic E-state index is 0.00851. The van der Waals surface area contributed by atoms with E-state index in [1.54, 1.807) is 34.6 Å². The van der Waals surface area contributed by atoms with E-state index in [9.17, 15) is 14.9 Å². The van der Waals surface area contributed by atoms with Crippen molar-refractivity contribution in [2.45, 2.75) is 37.1 Å². The summed E-state index contributed by atoms with van der Waals surface area (Å²) >= 11 is 3.06. The Morgan fingerprint density at radius 1 is 1.21 bits per heavy atom. The van der Waals surface area contributed by atoms with E-state index in [1.807, 2.05) is 38.1 Å². The second-order valence-corrected chi connectivity index (χ2v) is 9.08. The van der Waals surface area contributed by atoms with Crippen molar-refractivity contribution in [1.29, 1.82) is 0 Å². The van der Waals surface area contributed by atoms with Gasteiger partial charge in [0.2, 0.25) is 5.91 Å². The predicted octanol–water partition coefficient (Wildman–Crippen LogP) is 5.27. The summed E-state index contributed by atoms with van der Waals surface area (Å²) in [6.07, 6.45) is 1.60. The van der Waals surface area contributed by atoms with E-state index in [2.05, 4.69) is 0 Å². The normalized spacial score (nSPS) is 11.9. The SMILES string of the molecule is Cc1ccc(CN(Cc2ccco2)C(=O)C(C)Sc2ccc([N+](=O)[O-])cc2)s1. The molecule has 3 rings (SSSR count). The fourth-order valence-electron chi connectivity index (χ4n) is 2.72. The minimum Gasteiger partial charge on any atom is -0.467 e. The molecule has 0 aliphatic heterocycles. The lowest BCUT2D eigenvalue weighted by Crippen LogP contribution is -2.35. The topological polar surface area (TPSA) is 76.6 Å². The standard InChI is InChI=1S/C20H20N2O4S2/c1-14-5-8-19(27-14)13-21(12-17-4-3-11-26-17)20(23)15(2)28-18-9-6-16(7-10-18)22(24)25/h3-11,15H,12-13H2,1-2H3. The number of non-ortho nitro benzene ring substituents is 1. The Kier molecular flexibility index (Phi) is 6.53. The molecule has 0 aliphatic rings. The molecule has 0 N–H and O–H groups in total. The highest BCUT2D eigenvalue weighted by atomic mass is 32.2. The summed E-state index contributed by atoms with van der Waals surface area (Å²) in [7, 11) is 0. The quantitative estimate of drug-likeness (QED) is 0.284. The molecule has 28 heavy (non-hydrogen) atoms. The van der Waals surface area contributed by atoms with Crippen LogP contribution in [0.3, 0.4) is 0 Å². The van der Waals surface area contributed by atoms with Crippen molar-refractivity contribution in [1.82, 2.24) is 4.90 Å². The zero-order chi connectivity index (χ0) is 20.1. The lowest BCUT2D eigenvalue weighted by Gasteiger charge is -2.24. The number of nitro benzene ring substituents is 1. The highest BCUT2D eigenvalue weighted by Crippen LogP contribution is 2.28. The lowest BCUT2D eigenvalue weighted by molar-refractivity contribution is -0.384. The Labute approximate surface area is 171 Å². The van der Waals surface area contributed by atoms with Gasteiger partial charge < -0.3 is 9.32 Å². The van der Waals surface area contributed by atoms with Crippen LogP contribution in [-0.4, -0.2) is 21.0 Å². The molecule has 0 spiro atoms. The summed E-state index contributed by atoms with van der Waals surface area (Å²) in [5.41, 5.74) is 0.0378. The van der Waals surface area contributed by atoms with E-state index in [0.29, 0.717) is 13.1 Å². The zero-order valence-electron chi connectivity index (χ0n) is 15.5. The second-order valence-electron chi connectivity index (χ2n) is 6.30. The molecule has 0 fully saturated rings. The molecule has 0 aliphatic carbocycles.